The van der Waals surface area contributed by atoms with Gasteiger partial charge in [0, 0.05) is 0 Å². The van der Waals surface area contributed by atoms with Crippen molar-refractivity contribution >= 4 is 27.0 Å². The topological polar surface area (TPSA) is 114 Å². The number of carbonyl (C=O) groups is 1. The number of carbonyl (C=O) groups excluding carboxylic acids is 1. The smallest absolute Gasteiger partial charge is 0.243 e. The van der Waals surface area contributed by atoms with E-state index in [2.05, 4.69) is 25.0 Å². The molecule has 0 bridgehead atoms. The molecule has 0 spiro atoms. The van der Waals surface area contributed by atoms with Crippen molar-refractivity contribution in [1.29, 1.82) is 0 Å². The minimum Gasteiger partial charge on any atom is -0.344 e. The number of benzene rings is 3. The lowest BCUT2D eigenvalue weighted by molar-refractivity contribution is -0.120. The molecule has 8 nitrogen and oxygen atoms in total. The summed E-state index contributed by atoms with van der Waals surface area (Å²) in [4.78, 5) is 12.5. The summed E-state index contributed by atoms with van der Waals surface area (Å²) in [5.74, 6) is -0.471. The molecule has 152 valence electrons. The highest BCUT2D eigenvalue weighted by Gasteiger charge is 2.22. The molecule has 0 aliphatic carbocycles. The third-order valence-electron chi connectivity index (χ3n) is 4.53. The van der Waals surface area contributed by atoms with Gasteiger partial charge in [-0.15, -0.1) is 0 Å². The van der Waals surface area contributed by atoms with Gasteiger partial charge in [0.1, 0.15) is 10.4 Å². The monoisotopic (exact) mass is 422 g/mol. The molecule has 1 aromatic heterocycles. The molecule has 3 aromatic carbocycles. The van der Waals surface area contributed by atoms with Crippen molar-refractivity contribution in [2.45, 2.75) is 10.9 Å². The number of fused-ring (bicyclic) bond motifs is 1. The summed E-state index contributed by atoms with van der Waals surface area (Å²) >= 11 is 0. The van der Waals surface area contributed by atoms with Crippen LogP contribution in [-0.2, 0) is 14.8 Å². The second kappa shape index (κ2) is 8.44. The first-order valence-corrected chi connectivity index (χ1v) is 10.6. The van der Waals surface area contributed by atoms with E-state index in [-0.39, 0.29) is 10.4 Å². The average molecular weight is 422 g/mol. The maximum Gasteiger partial charge on any atom is 0.243 e. The summed E-state index contributed by atoms with van der Waals surface area (Å²) in [7, 11) is -3.99. The second-order valence-electron chi connectivity index (χ2n) is 6.53. The Balaban J connectivity index is 1.51. The van der Waals surface area contributed by atoms with Crippen molar-refractivity contribution in [2.75, 3.05) is 6.54 Å². The van der Waals surface area contributed by atoms with Crippen molar-refractivity contribution in [3.63, 3.8) is 0 Å². The van der Waals surface area contributed by atoms with Crippen LogP contribution < -0.4 is 10.0 Å². The van der Waals surface area contributed by atoms with Gasteiger partial charge < -0.3 is 5.32 Å². The Kier molecular flexibility index (Phi) is 5.55. The molecule has 0 radical (unpaired) electrons. The van der Waals surface area contributed by atoms with Crippen LogP contribution in [0.1, 0.15) is 17.2 Å². The largest absolute Gasteiger partial charge is 0.344 e. The van der Waals surface area contributed by atoms with E-state index >= 15 is 0 Å². The second-order valence-corrected chi connectivity index (χ2v) is 8.27. The summed E-state index contributed by atoms with van der Waals surface area (Å²) in [6, 6.07) is 23.0. The van der Waals surface area contributed by atoms with Crippen LogP contribution in [0.15, 0.2) is 88.4 Å². The minimum absolute atomic E-state index is 0.100. The first-order chi connectivity index (χ1) is 14.5. The number of nitrogens with one attached hydrogen (secondary N) is 2. The summed E-state index contributed by atoms with van der Waals surface area (Å²) in [5, 5.41) is 10.2. The number of hydrogen-bond donors (Lipinski definition) is 2. The first kappa shape index (κ1) is 19.7. The van der Waals surface area contributed by atoms with Crippen molar-refractivity contribution < 1.29 is 17.8 Å². The van der Waals surface area contributed by atoms with Crippen molar-refractivity contribution in [3.05, 3.63) is 90.0 Å². The maximum atomic E-state index is 12.7. The Bertz CT molecular complexity index is 1220. The van der Waals surface area contributed by atoms with Crippen molar-refractivity contribution in [2.24, 2.45) is 0 Å². The first-order valence-electron chi connectivity index (χ1n) is 9.15. The zero-order valence-electron chi connectivity index (χ0n) is 15.7. The lowest BCUT2D eigenvalue weighted by Gasteiger charge is -2.20. The van der Waals surface area contributed by atoms with Gasteiger partial charge >= 0.3 is 0 Å². The number of aromatic nitrogens is 2. The molecule has 0 fully saturated rings. The molecule has 2 N–H and O–H groups in total. The number of nitrogens with zero attached hydrogens (tertiary/aromatic N) is 2. The molecular formula is C21H18N4O4S. The van der Waals surface area contributed by atoms with Gasteiger partial charge in [0.05, 0.1) is 12.6 Å². The normalized spacial score (nSPS) is 11.6. The minimum atomic E-state index is -3.99. The van der Waals surface area contributed by atoms with Crippen molar-refractivity contribution in [3.8, 4) is 0 Å². The van der Waals surface area contributed by atoms with Gasteiger partial charge in [-0.3, -0.25) is 4.79 Å². The van der Waals surface area contributed by atoms with E-state index in [1.807, 2.05) is 60.7 Å². The van der Waals surface area contributed by atoms with Crippen LogP contribution in [0.5, 0.6) is 0 Å². The number of amides is 1. The number of sulfonamides is 1. The lowest BCUT2D eigenvalue weighted by Crippen LogP contribution is -2.39. The average Bonchev–Trinajstić information content (AvgIpc) is 3.26. The Morgan fingerprint density at radius 1 is 0.867 bits per heavy atom. The molecular weight excluding hydrogens is 404 g/mol. The van der Waals surface area contributed by atoms with Crippen LogP contribution >= 0.6 is 0 Å². The van der Waals surface area contributed by atoms with E-state index < -0.39 is 28.5 Å². The molecule has 30 heavy (non-hydrogen) atoms. The highest BCUT2D eigenvalue weighted by molar-refractivity contribution is 7.89. The maximum absolute atomic E-state index is 12.7. The van der Waals surface area contributed by atoms with Crippen LogP contribution in [0.25, 0.3) is 11.0 Å². The van der Waals surface area contributed by atoms with E-state index in [1.165, 1.54) is 12.1 Å². The van der Waals surface area contributed by atoms with Crippen LogP contribution in [0.2, 0.25) is 0 Å². The van der Waals surface area contributed by atoms with E-state index in [9.17, 15) is 13.2 Å². The van der Waals surface area contributed by atoms with Crippen LogP contribution in [-0.4, -0.2) is 31.2 Å². The zero-order chi connectivity index (χ0) is 21.0. The lowest BCUT2D eigenvalue weighted by atomic mass is 9.99. The van der Waals surface area contributed by atoms with Crippen LogP contribution in [0.3, 0.4) is 0 Å². The summed E-state index contributed by atoms with van der Waals surface area (Å²) in [6.07, 6.45) is 0. The number of rotatable bonds is 7. The van der Waals surface area contributed by atoms with Gasteiger partial charge in [0.25, 0.3) is 0 Å². The molecule has 1 amide bonds. The third kappa shape index (κ3) is 4.22. The predicted molar refractivity (Wildman–Crippen MR) is 110 cm³/mol. The van der Waals surface area contributed by atoms with Gasteiger partial charge in [0.15, 0.2) is 5.52 Å². The molecule has 0 atom stereocenters. The summed E-state index contributed by atoms with van der Waals surface area (Å²) in [6.45, 7) is -0.430. The van der Waals surface area contributed by atoms with Gasteiger partial charge in [-0.05, 0) is 33.6 Å². The highest BCUT2D eigenvalue weighted by atomic mass is 32.2. The molecule has 1 heterocycles. The molecule has 0 saturated carbocycles. The fourth-order valence-electron chi connectivity index (χ4n) is 3.10. The Morgan fingerprint density at radius 2 is 1.50 bits per heavy atom. The molecule has 9 heteroatoms. The van der Waals surface area contributed by atoms with Gasteiger partial charge in [-0.1, -0.05) is 66.7 Å². The molecule has 0 aliphatic rings. The van der Waals surface area contributed by atoms with E-state index in [4.69, 9.17) is 0 Å². The summed E-state index contributed by atoms with van der Waals surface area (Å²) < 4.78 is 32.3. The number of hydrogen-bond acceptors (Lipinski definition) is 6. The van der Waals surface area contributed by atoms with E-state index in [1.54, 1.807) is 6.07 Å². The molecule has 4 aromatic rings. The van der Waals surface area contributed by atoms with Crippen LogP contribution in [0, 0.1) is 0 Å². The van der Waals surface area contributed by atoms with Gasteiger partial charge in [-0.2, -0.15) is 0 Å². The molecule has 0 aliphatic heterocycles. The van der Waals surface area contributed by atoms with E-state index in [0.717, 1.165) is 11.1 Å². The standard InChI is InChI=1S/C21H18N4O4S/c26-19(14-22-30(27,28)18-13-7-12-17-21(18)25-29-24-17)23-20(15-8-3-1-4-9-15)16-10-5-2-6-11-16/h1-13,20,22H,14H2,(H,23,26). The predicted octanol–water partition coefficient (Wildman–Crippen LogP) is 2.41. The molecule has 0 saturated heterocycles. The zero-order valence-corrected chi connectivity index (χ0v) is 16.5. The highest BCUT2D eigenvalue weighted by Crippen LogP contribution is 2.22. The Labute approximate surface area is 172 Å². The molecule has 4 rings (SSSR count). The van der Waals surface area contributed by atoms with Crippen molar-refractivity contribution in [1.82, 2.24) is 20.4 Å². The Morgan fingerprint density at radius 3 is 2.13 bits per heavy atom. The quantitative estimate of drug-likeness (QED) is 0.473. The van der Waals surface area contributed by atoms with Gasteiger partial charge in [-0.25, -0.2) is 17.8 Å². The Hall–Kier alpha value is -3.56. The fraction of sp³-hybridized carbons (Fsp3) is 0.0952. The molecule has 0 unspecified atom stereocenters. The third-order valence-corrected chi connectivity index (χ3v) is 5.97. The van der Waals surface area contributed by atoms with Gasteiger partial charge in [0.2, 0.25) is 15.9 Å². The SMILES string of the molecule is O=C(CNS(=O)(=O)c1cccc2nonc12)NC(c1ccccc1)c1ccccc1. The fourth-order valence-corrected chi connectivity index (χ4v) is 4.23. The van der Waals surface area contributed by atoms with E-state index in [0.29, 0.717) is 5.52 Å². The summed E-state index contributed by atoms with van der Waals surface area (Å²) in [5.41, 5.74) is 2.20. The van der Waals surface area contributed by atoms with Crippen LogP contribution in [0.4, 0.5) is 0 Å².